The van der Waals surface area contributed by atoms with Crippen molar-refractivity contribution in [3.8, 4) is 0 Å². The minimum Gasteiger partial charge on any atom is -0.476 e. The van der Waals surface area contributed by atoms with Crippen LogP contribution in [-0.4, -0.2) is 35.6 Å². The summed E-state index contributed by atoms with van der Waals surface area (Å²) in [6.45, 7) is 5.88. The number of hydrogen-bond donors (Lipinski definition) is 1. The summed E-state index contributed by atoms with van der Waals surface area (Å²) >= 11 is 0. The van der Waals surface area contributed by atoms with E-state index in [0.29, 0.717) is 6.54 Å². The van der Waals surface area contributed by atoms with Crippen LogP contribution in [0.1, 0.15) is 22.0 Å². The van der Waals surface area contributed by atoms with E-state index in [9.17, 15) is 4.79 Å². The zero-order valence-corrected chi connectivity index (χ0v) is 9.24. The Hall–Kier alpha value is -2.44. The van der Waals surface area contributed by atoms with Gasteiger partial charge in [-0.15, -0.1) is 5.10 Å². The van der Waals surface area contributed by atoms with Crippen molar-refractivity contribution in [1.29, 1.82) is 0 Å². The van der Waals surface area contributed by atoms with Crippen LogP contribution in [0.25, 0.3) is 6.20 Å². The molecule has 88 valence electrons. The van der Waals surface area contributed by atoms with Gasteiger partial charge in [-0.05, 0) is 6.92 Å². The van der Waals surface area contributed by atoms with Gasteiger partial charge in [0.05, 0.1) is 18.4 Å². The van der Waals surface area contributed by atoms with E-state index in [1.165, 1.54) is 10.9 Å². The Morgan fingerprint density at radius 1 is 1.59 bits per heavy atom. The lowest BCUT2D eigenvalue weighted by molar-refractivity contribution is 0.0690. The third-order valence-corrected chi connectivity index (χ3v) is 2.25. The molecule has 2 rings (SSSR count). The van der Waals surface area contributed by atoms with Crippen LogP contribution >= 0.6 is 0 Å². The number of carboxylic acid groups (broad SMARTS) is 1. The van der Waals surface area contributed by atoms with Crippen LogP contribution in [0.4, 0.5) is 0 Å². The van der Waals surface area contributed by atoms with E-state index < -0.39 is 5.97 Å². The second-order valence-corrected chi connectivity index (χ2v) is 3.48. The van der Waals surface area contributed by atoms with Crippen LogP contribution in [0.2, 0.25) is 0 Å². The highest BCUT2D eigenvalue weighted by molar-refractivity contribution is 5.84. The average molecular weight is 233 g/mol. The van der Waals surface area contributed by atoms with Crippen molar-refractivity contribution in [2.75, 3.05) is 0 Å². The fourth-order valence-corrected chi connectivity index (χ4v) is 1.45. The highest BCUT2D eigenvalue weighted by Crippen LogP contribution is 2.04. The molecule has 0 aliphatic rings. The van der Waals surface area contributed by atoms with Crippen molar-refractivity contribution >= 4 is 12.2 Å². The Bertz CT molecular complexity index is 569. The molecule has 1 N–H and O–H groups in total. The molecular formula is C10H11N5O2. The van der Waals surface area contributed by atoms with Gasteiger partial charge in [0.2, 0.25) is 0 Å². The number of carbonyl (C=O) groups is 1. The van der Waals surface area contributed by atoms with Gasteiger partial charge in [-0.25, -0.2) is 14.5 Å². The molecule has 0 fully saturated rings. The molecule has 0 bridgehead atoms. The first-order valence-corrected chi connectivity index (χ1v) is 4.90. The van der Waals surface area contributed by atoms with Crippen LogP contribution in [0.15, 0.2) is 19.0 Å². The molecular weight excluding hydrogens is 222 g/mol. The van der Waals surface area contributed by atoms with Crippen LogP contribution < -0.4 is 0 Å². The molecule has 0 atom stereocenters. The molecule has 0 spiro atoms. The Morgan fingerprint density at radius 3 is 2.88 bits per heavy atom. The molecule has 0 aliphatic heterocycles. The molecule has 0 radical (unpaired) electrons. The molecule has 2 aromatic heterocycles. The summed E-state index contributed by atoms with van der Waals surface area (Å²) in [7, 11) is 0. The lowest BCUT2D eigenvalue weighted by Gasteiger charge is -1.94. The third kappa shape index (κ3) is 2.22. The number of hydrogen-bond acceptors (Lipinski definition) is 4. The predicted octanol–water partition coefficient (Wildman–Crippen LogP) is 0.630. The van der Waals surface area contributed by atoms with E-state index in [1.807, 2.05) is 13.1 Å². The quantitative estimate of drug-likeness (QED) is 0.837. The highest BCUT2D eigenvalue weighted by Gasteiger charge is 2.09. The minimum absolute atomic E-state index is 0.0788. The van der Waals surface area contributed by atoms with Gasteiger partial charge in [0, 0.05) is 12.4 Å². The number of aryl methyl sites for hydroxylation is 1. The summed E-state index contributed by atoms with van der Waals surface area (Å²) in [6, 6.07) is 0. The van der Waals surface area contributed by atoms with Crippen molar-refractivity contribution in [1.82, 2.24) is 24.5 Å². The molecule has 0 saturated carbocycles. The normalized spacial score (nSPS) is 10.4. The SMILES string of the molecule is C=Cn1cc(Cn2cc(C(=O)O)nn2)nc1C. The third-order valence-electron chi connectivity index (χ3n) is 2.25. The van der Waals surface area contributed by atoms with E-state index in [2.05, 4.69) is 21.9 Å². The first-order chi connectivity index (χ1) is 8.10. The van der Waals surface area contributed by atoms with Crippen molar-refractivity contribution in [3.05, 3.63) is 36.2 Å². The lowest BCUT2D eigenvalue weighted by atomic mass is 10.4. The summed E-state index contributed by atoms with van der Waals surface area (Å²) in [5.74, 6) is -0.280. The molecule has 0 aromatic carbocycles. The highest BCUT2D eigenvalue weighted by atomic mass is 16.4. The molecule has 7 heteroatoms. The number of imidazole rings is 1. The Kier molecular flexibility index (Phi) is 2.73. The van der Waals surface area contributed by atoms with Crippen LogP contribution in [0.5, 0.6) is 0 Å². The summed E-state index contributed by atoms with van der Waals surface area (Å²) < 4.78 is 3.21. The van der Waals surface area contributed by atoms with Gasteiger partial charge in [-0.3, -0.25) is 0 Å². The van der Waals surface area contributed by atoms with Crippen molar-refractivity contribution in [2.45, 2.75) is 13.5 Å². The van der Waals surface area contributed by atoms with E-state index in [1.54, 1.807) is 10.8 Å². The molecule has 7 nitrogen and oxygen atoms in total. The van der Waals surface area contributed by atoms with Gasteiger partial charge >= 0.3 is 5.97 Å². The molecule has 2 aromatic rings. The molecule has 0 amide bonds. The van der Waals surface area contributed by atoms with Gasteiger partial charge in [0.1, 0.15) is 5.82 Å². The first kappa shape index (κ1) is 11.1. The molecule has 17 heavy (non-hydrogen) atoms. The maximum Gasteiger partial charge on any atom is 0.358 e. The molecule has 0 unspecified atom stereocenters. The van der Waals surface area contributed by atoms with Gasteiger partial charge in [-0.1, -0.05) is 11.8 Å². The second kappa shape index (κ2) is 4.20. The smallest absolute Gasteiger partial charge is 0.358 e. The maximum absolute atomic E-state index is 10.6. The fourth-order valence-electron chi connectivity index (χ4n) is 1.45. The van der Waals surface area contributed by atoms with Gasteiger partial charge in [-0.2, -0.15) is 0 Å². The van der Waals surface area contributed by atoms with E-state index >= 15 is 0 Å². The Balaban J connectivity index is 2.19. The first-order valence-electron chi connectivity index (χ1n) is 4.90. The van der Waals surface area contributed by atoms with Gasteiger partial charge in [0.25, 0.3) is 0 Å². The zero-order chi connectivity index (χ0) is 12.4. The van der Waals surface area contributed by atoms with E-state index in [-0.39, 0.29) is 5.69 Å². The average Bonchev–Trinajstić information content (AvgIpc) is 2.86. The number of aromatic nitrogens is 5. The fraction of sp³-hybridized carbons (Fsp3) is 0.200. The summed E-state index contributed by atoms with van der Waals surface area (Å²) in [5, 5.41) is 15.9. The zero-order valence-electron chi connectivity index (χ0n) is 9.24. The van der Waals surface area contributed by atoms with Gasteiger partial charge in [0.15, 0.2) is 5.69 Å². The van der Waals surface area contributed by atoms with Crippen LogP contribution in [0.3, 0.4) is 0 Å². The largest absolute Gasteiger partial charge is 0.476 e. The minimum atomic E-state index is -1.09. The molecule has 0 aliphatic carbocycles. The van der Waals surface area contributed by atoms with Crippen molar-refractivity contribution in [2.24, 2.45) is 0 Å². The molecule has 0 saturated heterocycles. The number of rotatable bonds is 4. The summed E-state index contributed by atoms with van der Waals surface area (Å²) in [5.41, 5.74) is 0.689. The standard InChI is InChI=1S/C10H11N5O2/c1-3-14-4-8(11-7(14)2)5-15-6-9(10(16)17)12-13-15/h3-4,6H,1,5H2,2H3,(H,16,17). The predicted molar refractivity (Wildman–Crippen MR) is 59.4 cm³/mol. The number of aromatic carboxylic acids is 1. The van der Waals surface area contributed by atoms with Gasteiger partial charge < -0.3 is 9.67 Å². The maximum atomic E-state index is 10.6. The monoisotopic (exact) mass is 233 g/mol. The van der Waals surface area contributed by atoms with Crippen LogP contribution in [-0.2, 0) is 6.54 Å². The lowest BCUT2D eigenvalue weighted by Crippen LogP contribution is -2.01. The number of carboxylic acids is 1. The Morgan fingerprint density at radius 2 is 2.35 bits per heavy atom. The van der Waals surface area contributed by atoms with Crippen molar-refractivity contribution in [3.63, 3.8) is 0 Å². The van der Waals surface area contributed by atoms with Crippen molar-refractivity contribution < 1.29 is 9.90 Å². The summed E-state index contributed by atoms with van der Waals surface area (Å²) in [4.78, 5) is 14.9. The topological polar surface area (TPSA) is 85.8 Å². The molecule has 2 heterocycles. The van der Waals surface area contributed by atoms with E-state index in [4.69, 9.17) is 5.11 Å². The summed E-state index contributed by atoms with van der Waals surface area (Å²) in [6.07, 6.45) is 4.82. The number of nitrogens with zero attached hydrogens (tertiary/aromatic N) is 5. The van der Waals surface area contributed by atoms with E-state index in [0.717, 1.165) is 11.5 Å². The Labute approximate surface area is 97.0 Å². The second-order valence-electron chi connectivity index (χ2n) is 3.48. The van der Waals surface area contributed by atoms with Crippen LogP contribution in [0, 0.1) is 6.92 Å².